The molecule has 23 heavy (non-hydrogen) atoms. The van der Waals surface area contributed by atoms with Gasteiger partial charge in [-0.05, 0) is 18.6 Å². The van der Waals surface area contributed by atoms with Gasteiger partial charge in [0.15, 0.2) is 0 Å². The zero-order valence-corrected chi connectivity index (χ0v) is 12.8. The monoisotopic (exact) mass is 296 g/mol. The standard InChI is InChI=1S/C21H16N2/c1-3-8-18-14(6-1)16-10-11-17-15-7-2-4-9-19(15)23-13-5-12-22(18)20(16)21(17)23/h1-4,6-11H,5,12-13H2. The Morgan fingerprint density at radius 1 is 0.522 bits per heavy atom. The molecule has 6 rings (SSSR count). The summed E-state index contributed by atoms with van der Waals surface area (Å²) in [5.74, 6) is 0. The van der Waals surface area contributed by atoms with Crippen LogP contribution in [0.4, 0.5) is 0 Å². The van der Waals surface area contributed by atoms with E-state index in [1.54, 1.807) is 0 Å². The number of aromatic nitrogens is 2. The van der Waals surface area contributed by atoms with Crippen LogP contribution in [0, 0.1) is 0 Å². The quantitative estimate of drug-likeness (QED) is 0.367. The number of hydrogen-bond donors (Lipinski definition) is 0. The first-order valence-electron chi connectivity index (χ1n) is 8.34. The topological polar surface area (TPSA) is 9.86 Å². The van der Waals surface area contributed by atoms with Gasteiger partial charge in [-0.2, -0.15) is 0 Å². The Kier molecular flexibility index (Phi) is 2.03. The molecule has 3 heterocycles. The Balaban J connectivity index is 2.01. The van der Waals surface area contributed by atoms with Crippen LogP contribution in [0.3, 0.4) is 0 Å². The van der Waals surface area contributed by atoms with E-state index in [4.69, 9.17) is 0 Å². The lowest BCUT2D eigenvalue weighted by Crippen LogP contribution is -1.98. The molecule has 2 heteroatoms. The van der Waals surface area contributed by atoms with Crippen LogP contribution in [-0.4, -0.2) is 9.13 Å². The van der Waals surface area contributed by atoms with E-state index in [-0.39, 0.29) is 0 Å². The van der Waals surface area contributed by atoms with E-state index >= 15 is 0 Å². The fourth-order valence-electron chi connectivity index (χ4n) is 4.53. The lowest BCUT2D eigenvalue weighted by molar-refractivity contribution is 0.617. The molecule has 0 atom stereocenters. The minimum absolute atomic E-state index is 1.10. The van der Waals surface area contributed by atoms with Crippen molar-refractivity contribution in [1.82, 2.24) is 9.13 Å². The number of nitrogens with zero attached hydrogens (tertiary/aromatic N) is 2. The van der Waals surface area contributed by atoms with Gasteiger partial charge in [0.05, 0.1) is 11.0 Å². The van der Waals surface area contributed by atoms with E-state index in [2.05, 4.69) is 69.8 Å². The summed E-state index contributed by atoms with van der Waals surface area (Å²) < 4.78 is 5.07. The molecule has 0 radical (unpaired) electrons. The van der Waals surface area contributed by atoms with Gasteiger partial charge in [0.25, 0.3) is 0 Å². The van der Waals surface area contributed by atoms with E-state index in [0.29, 0.717) is 0 Å². The minimum Gasteiger partial charge on any atom is -0.339 e. The third kappa shape index (κ3) is 1.31. The van der Waals surface area contributed by atoms with Crippen molar-refractivity contribution in [3.05, 3.63) is 60.7 Å². The van der Waals surface area contributed by atoms with Crippen LogP contribution >= 0.6 is 0 Å². The van der Waals surface area contributed by atoms with Crippen LogP contribution in [0.2, 0.25) is 0 Å². The smallest absolute Gasteiger partial charge is 0.0739 e. The molecule has 0 aliphatic carbocycles. The normalized spacial score (nSPS) is 14.4. The molecule has 0 saturated carbocycles. The Bertz CT molecular complexity index is 1140. The SMILES string of the molecule is c1ccc2c(c1)c1ccc3c4ccccc4n4c3c1n2CCC4. The number of para-hydroxylation sites is 2. The van der Waals surface area contributed by atoms with Crippen LogP contribution < -0.4 is 0 Å². The predicted molar refractivity (Wildman–Crippen MR) is 97.1 cm³/mol. The third-order valence-electron chi connectivity index (χ3n) is 5.42. The number of fused-ring (bicyclic) bond motifs is 6. The molecule has 110 valence electrons. The average molecular weight is 296 g/mol. The molecule has 5 aromatic rings. The van der Waals surface area contributed by atoms with Crippen molar-refractivity contribution in [2.45, 2.75) is 19.5 Å². The summed E-state index contributed by atoms with van der Waals surface area (Å²) in [6.45, 7) is 2.19. The third-order valence-corrected chi connectivity index (χ3v) is 5.42. The van der Waals surface area contributed by atoms with Crippen molar-refractivity contribution < 1.29 is 0 Å². The zero-order valence-electron chi connectivity index (χ0n) is 12.8. The van der Waals surface area contributed by atoms with E-state index in [1.807, 2.05) is 0 Å². The molecular formula is C21H16N2. The Labute approximate surface area is 133 Å². The van der Waals surface area contributed by atoms with Crippen molar-refractivity contribution in [2.24, 2.45) is 0 Å². The molecule has 1 aliphatic rings. The Morgan fingerprint density at radius 3 is 1.52 bits per heavy atom. The Hall–Kier alpha value is -2.74. The zero-order chi connectivity index (χ0) is 15.0. The maximum absolute atomic E-state index is 2.54. The first-order valence-corrected chi connectivity index (χ1v) is 8.34. The van der Waals surface area contributed by atoms with Crippen LogP contribution in [0.15, 0.2) is 60.7 Å². The highest BCUT2D eigenvalue weighted by Gasteiger charge is 2.20. The van der Waals surface area contributed by atoms with Gasteiger partial charge in [0.2, 0.25) is 0 Å². The molecule has 0 spiro atoms. The summed E-state index contributed by atoms with van der Waals surface area (Å²) in [6, 6.07) is 22.3. The second-order valence-corrected chi connectivity index (χ2v) is 6.55. The number of aryl methyl sites for hydroxylation is 2. The summed E-state index contributed by atoms with van der Waals surface area (Å²) in [7, 11) is 0. The fourth-order valence-corrected chi connectivity index (χ4v) is 4.53. The lowest BCUT2D eigenvalue weighted by Gasteiger charge is -2.04. The molecule has 0 saturated heterocycles. The summed E-state index contributed by atoms with van der Waals surface area (Å²) in [4.78, 5) is 0. The molecule has 0 amide bonds. The molecule has 1 aliphatic heterocycles. The molecule has 2 nitrogen and oxygen atoms in total. The summed E-state index contributed by atoms with van der Waals surface area (Å²) >= 11 is 0. The first-order chi connectivity index (χ1) is 11.4. The van der Waals surface area contributed by atoms with Gasteiger partial charge >= 0.3 is 0 Å². The van der Waals surface area contributed by atoms with E-state index in [9.17, 15) is 0 Å². The first kappa shape index (κ1) is 11.8. The number of benzene rings is 3. The van der Waals surface area contributed by atoms with Gasteiger partial charge in [-0.25, -0.2) is 0 Å². The average Bonchev–Trinajstić information content (AvgIpc) is 3.00. The molecule has 0 bridgehead atoms. The van der Waals surface area contributed by atoms with E-state index in [0.717, 1.165) is 13.1 Å². The van der Waals surface area contributed by atoms with Gasteiger partial charge in [-0.3, -0.25) is 0 Å². The Morgan fingerprint density at radius 2 is 1.00 bits per heavy atom. The minimum atomic E-state index is 1.10. The molecule has 0 N–H and O–H groups in total. The van der Waals surface area contributed by atoms with Crippen molar-refractivity contribution >= 4 is 43.6 Å². The highest BCUT2D eigenvalue weighted by Crippen LogP contribution is 2.40. The van der Waals surface area contributed by atoms with Crippen molar-refractivity contribution in [2.75, 3.05) is 0 Å². The van der Waals surface area contributed by atoms with Gasteiger partial charge in [0, 0.05) is 45.7 Å². The molecule has 3 aromatic carbocycles. The van der Waals surface area contributed by atoms with Crippen LogP contribution in [0.25, 0.3) is 43.6 Å². The maximum Gasteiger partial charge on any atom is 0.0739 e. The molecule has 2 aromatic heterocycles. The van der Waals surface area contributed by atoms with Crippen molar-refractivity contribution in [1.29, 1.82) is 0 Å². The number of hydrogen-bond acceptors (Lipinski definition) is 0. The van der Waals surface area contributed by atoms with Gasteiger partial charge in [0.1, 0.15) is 0 Å². The van der Waals surface area contributed by atoms with Gasteiger partial charge in [-0.15, -0.1) is 0 Å². The van der Waals surface area contributed by atoms with Crippen LogP contribution in [-0.2, 0) is 13.1 Å². The molecule has 0 fully saturated rings. The van der Waals surface area contributed by atoms with Crippen molar-refractivity contribution in [3.8, 4) is 0 Å². The second-order valence-electron chi connectivity index (χ2n) is 6.55. The fraction of sp³-hybridized carbons (Fsp3) is 0.143. The molecule has 0 unspecified atom stereocenters. The van der Waals surface area contributed by atoms with Crippen LogP contribution in [0.5, 0.6) is 0 Å². The highest BCUT2D eigenvalue weighted by molar-refractivity contribution is 6.22. The lowest BCUT2D eigenvalue weighted by atomic mass is 10.1. The summed E-state index contributed by atoms with van der Waals surface area (Å²) in [5.41, 5.74) is 5.57. The maximum atomic E-state index is 2.54. The highest BCUT2D eigenvalue weighted by atomic mass is 15.1. The number of rotatable bonds is 0. The largest absolute Gasteiger partial charge is 0.339 e. The van der Waals surface area contributed by atoms with Gasteiger partial charge < -0.3 is 9.13 Å². The van der Waals surface area contributed by atoms with Gasteiger partial charge in [-0.1, -0.05) is 48.5 Å². The summed E-state index contributed by atoms with van der Waals surface area (Å²) in [5, 5.41) is 5.53. The van der Waals surface area contributed by atoms with Crippen LogP contribution in [0.1, 0.15) is 6.42 Å². The predicted octanol–water partition coefficient (Wildman–Crippen LogP) is 5.31. The van der Waals surface area contributed by atoms with Crippen molar-refractivity contribution in [3.63, 3.8) is 0 Å². The van der Waals surface area contributed by atoms with E-state index < -0.39 is 0 Å². The second kappa shape index (κ2) is 3.96. The molecular weight excluding hydrogens is 280 g/mol. The summed E-state index contributed by atoms with van der Waals surface area (Å²) in [6.07, 6.45) is 1.18. The van der Waals surface area contributed by atoms with E-state index in [1.165, 1.54) is 50.0 Å².